The van der Waals surface area contributed by atoms with Crippen LogP contribution in [0.2, 0.25) is 0 Å². The third kappa shape index (κ3) is 5.84. The van der Waals surface area contributed by atoms with Crippen molar-refractivity contribution in [3.63, 3.8) is 0 Å². The first kappa shape index (κ1) is 17.1. The highest BCUT2D eigenvalue weighted by atomic mass is 16.2. The fourth-order valence-corrected chi connectivity index (χ4v) is 1.98. The topological polar surface area (TPSA) is 82.3 Å². The first-order chi connectivity index (χ1) is 11.7. The standard InChI is InChI=1S/C18H20N4O2/c1-2-11-19-17(23)20-13-14-7-6-10-16(12-14)22-18(24)21-15-8-4-3-5-9-15/h2-10,12H,1,11,13H2,(H2,19,20,23)(H2,21,22,24). The van der Waals surface area contributed by atoms with Gasteiger partial charge in [-0.05, 0) is 29.8 Å². The number of amides is 4. The fourth-order valence-electron chi connectivity index (χ4n) is 1.98. The number of anilines is 2. The van der Waals surface area contributed by atoms with Gasteiger partial charge >= 0.3 is 12.1 Å². The Hall–Kier alpha value is -3.28. The van der Waals surface area contributed by atoms with E-state index in [1.807, 2.05) is 42.5 Å². The van der Waals surface area contributed by atoms with Gasteiger partial charge < -0.3 is 21.3 Å². The number of hydrogen-bond donors (Lipinski definition) is 4. The van der Waals surface area contributed by atoms with Crippen molar-refractivity contribution in [3.8, 4) is 0 Å². The molecule has 0 aromatic heterocycles. The third-order valence-electron chi connectivity index (χ3n) is 3.08. The molecule has 0 atom stereocenters. The van der Waals surface area contributed by atoms with Gasteiger partial charge in [0.2, 0.25) is 0 Å². The lowest BCUT2D eigenvalue weighted by molar-refractivity contribution is 0.241. The van der Waals surface area contributed by atoms with E-state index in [9.17, 15) is 9.59 Å². The molecule has 0 radical (unpaired) electrons. The molecule has 0 aliphatic rings. The molecule has 4 amide bonds. The Labute approximate surface area is 141 Å². The molecular formula is C18H20N4O2. The van der Waals surface area contributed by atoms with Crippen LogP contribution in [0.25, 0.3) is 0 Å². The summed E-state index contributed by atoms with van der Waals surface area (Å²) in [5, 5.41) is 10.9. The summed E-state index contributed by atoms with van der Waals surface area (Å²) in [7, 11) is 0. The maximum atomic E-state index is 12.0. The predicted molar refractivity (Wildman–Crippen MR) is 96.0 cm³/mol. The molecule has 0 bridgehead atoms. The van der Waals surface area contributed by atoms with Crippen LogP contribution in [0.15, 0.2) is 67.3 Å². The van der Waals surface area contributed by atoms with Gasteiger partial charge in [0, 0.05) is 24.5 Å². The monoisotopic (exact) mass is 324 g/mol. The van der Waals surface area contributed by atoms with Gasteiger partial charge in [0.05, 0.1) is 0 Å². The summed E-state index contributed by atoms with van der Waals surface area (Å²) in [5.41, 5.74) is 2.24. The lowest BCUT2D eigenvalue weighted by atomic mass is 10.2. The first-order valence-electron chi connectivity index (χ1n) is 7.52. The lowest BCUT2D eigenvalue weighted by Gasteiger charge is -2.10. The molecule has 2 aromatic rings. The summed E-state index contributed by atoms with van der Waals surface area (Å²) in [6.45, 7) is 4.30. The van der Waals surface area contributed by atoms with Gasteiger partial charge in [-0.15, -0.1) is 6.58 Å². The quantitative estimate of drug-likeness (QED) is 0.615. The second-order valence-corrected chi connectivity index (χ2v) is 5.00. The van der Waals surface area contributed by atoms with E-state index in [1.165, 1.54) is 0 Å². The number of carbonyl (C=O) groups is 2. The van der Waals surface area contributed by atoms with Gasteiger partial charge in [-0.1, -0.05) is 36.4 Å². The Morgan fingerprint density at radius 1 is 0.875 bits per heavy atom. The van der Waals surface area contributed by atoms with E-state index < -0.39 is 0 Å². The minimum absolute atomic E-state index is 0.268. The Morgan fingerprint density at radius 3 is 2.33 bits per heavy atom. The number of hydrogen-bond acceptors (Lipinski definition) is 2. The van der Waals surface area contributed by atoms with Gasteiger partial charge in [-0.2, -0.15) is 0 Å². The molecule has 0 unspecified atom stereocenters. The molecule has 6 heteroatoms. The largest absolute Gasteiger partial charge is 0.335 e. The SMILES string of the molecule is C=CCNC(=O)NCc1cccc(NC(=O)Nc2ccccc2)c1. The van der Waals surface area contributed by atoms with Crippen molar-refractivity contribution in [2.24, 2.45) is 0 Å². The molecule has 24 heavy (non-hydrogen) atoms. The molecule has 2 aromatic carbocycles. The van der Waals surface area contributed by atoms with Crippen LogP contribution in [0.1, 0.15) is 5.56 Å². The molecule has 0 saturated carbocycles. The molecule has 6 nitrogen and oxygen atoms in total. The van der Waals surface area contributed by atoms with Crippen LogP contribution in [-0.4, -0.2) is 18.6 Å². The van der Waals surface area contributed by atoms with Gasteiger partial charge in [-0.3, -0.25) is 0 Å². The van der Waals surface area contributed by atoms with Crippen molar-refractivity contribution in [2.45, 2.75) is 6.54 Å². The fraction of sp³-hybridized carbons (Fsp3) is 0.111. The van der Waals surface area contributed by atoms with Gasteiger partial charge in [0.1, 0.15) is 0 Å². The zero-order valence-electron chi connectivity index (χ0n) is 13.2. The van der Waals surface area contributed by atoms with E-state index >= 15 is 0 Å². The second kappa shape index (κ2) is 8.99. The van der Waals surface area contributed by atoms with Crippen LogP contribution in [0.5, 0.6) is 0 Å². The number of para-hydroxylation sites is 1. The van der Waals surface area contributed by atoms with Crippen molar-refractivity contribution < 1.29 is 9.59 Å². The van der Waals surface area contributed by atoms with Crippen molar-refractivity contribution in [1.82, 2.24) is 10.6 Å². The summed E-state index contributed by atoms with van der Waals surface area (Å²) in [6.07, 6.45) is 1.61. The second-order valence-electron chi connectivity index (χ2n) is 5.00. The average molecular weight is 324 g/mol. The molecule has 0 saturated heterocycles. The van der Waals surface area contributed by atoms with Crippen molar-refractivity contribution in [3.05, 3.63) is 72.8 Å². The van der Waals surface area contributed by atoms with Crippen LogP contribution in [0.3, 0.4) is 0 Å². The summed E-state index contributed by atoms with van der Waals surface area (Å²) in [6, 6.07) is 15.9. The molecule has 4 N–H and O–H groups in total. The Balaban J connectivity index is 1.86. The minimum atomic E-state index is -0.324. The maximum absolute atomic E-state index is 12.0. The summed E-state index contributed by atoms with van der Waals surface area (Å²) in [5.74, 6) is 0. The van der Waals surface area contributed by atoms with Gasteiger partial charge in [0.15, 0.2) is 0 Å². The molecule has 124 valence electrons. The van der Waals surface area contributed by atoms with Crippen molar-refractivity contribution >= 4 is 23.4 Å². The lowest BCUT2D eigenvalue weighted by Crippen LogP contribution is -2.34. The predicted octanol–water partition coefficient (Wildman–Crippen LogP) is 3.32. The smallest absolute Gasteiger partial charge is 0.323 e. The highest BCUT2D eigenvalue weighted by molar-refractivity contribution is 5.99. The maximum Gasteiger partial charge on any atom is 0.323 e. The molecular weight excluding hydrogens is 304 g/mol. The number of nitrogens with one attached hydrogen (secondary N) is 4. The number of carbonyl (C=O) groups excluding carboxylic acids is 2. The van der Waals surface area contributed by atoms with Gasteiger partial charge in [0.25, 0.3) is 0 Å². The first-order valence-corrected chi connectivity index (χ1v) is 7.52. The normalized spacial score (nSPS) is 9.67. The third-order valence-corrected chi connectivity index (χ3v) is 3.08. The number of urea groups is 2. The van der Waals surface area contributed by atoms with Gasteiger partial charge in [-0.25, -0.2) is 9.59 Å². The van der Waals surface area contributed by atoms with Crippen LogP contribution >= 0.6 is 0 Å². The van der Waals surface area contributed by atoms with E-state index in [2.05, 4.69) is 27.8 Å². The molecule has 0 fully saturated rings. The highest BCUT2D eigenvalue weighted by Crippen LogP contribution is 2.12. The van der Waals surface area contributed by atoms with Crippen molar-refractivity contribution in [2.75, 3.05) is 17.2 Å². The molecule has 0 aliphatic carbocycles. The summed E-state index contributed by atoms with van der Waals surface area (Å²) in [4.78, 5) is 23.5. The van der Waals surface area contributed by atoms with E-state index in [-0.39, 0.29) is 12.1 Å². The minimum Gasteiger partial charge on any atom is -0.335 e. The molecule has 0 spiro atoms. The van der Waals surface area contributed by atoms with Crippen LogP contribution in [0, 0.1) is 0 Å². The Kier molecular flexibility index (Phi) is 6.40. The Bertz CT molecular complexity index is 701. The van der Waals surface area contributed by atoms with E-state index in [4.69, 9.17) is 0 Å². The zero-order valence-corrected chi connectivity index (χ0v) is 13.2. The average Bonchev–Trinajstić information content (AvgIpc) is 2.59. The van der Waals surface area contributed by atoms with Crippen LogP contribution in [0.4, 0.5) is 21.0 Å². The molecule has 2 rings (SSSR count). The summed E-state index contributed by atoms with van der Waals surface area (Å²) >= 11 is 0. The summed E-state index contributed by atoms with van der Waals surface area (Å²) < 4.78 is 0. The molecule has 0 heterocycles. The zero-order chi connectivity index (χ0) is 17.2. The van der Waals surface area contributed by atoms with E-state index in [1.54, 1.807) is 18.2 Å². The van der Waals surface area contributed by atoms with Crippen LogP contribution < -0.4 is 21.3 Å². The highest BCUT2D eigenvalue weighted by Gasteiger charge is 2.04. The van der Waals surface area contributed by atoms with E-state index in [0.717, 1.165) is 5.56 Å². The number of benzene rings is 2. The van der Waals surface area contributed by atoms with Crippen LogP contribution in [-0.2, 0) is 6.54 Å². The van der Waals surface area contributed by atoms with E-state index in [0.29, 0.717) is 24.5 Å². The van der Waals surface area contributed by atoms with Crippen molar-refractivity contribution in [1.29, 1.82) is 0 Å². The number of rotatable bonds is 6. The molecule has 0 aliphatic heterocycles. The Morgan fingerprint density at radius 2 is 1.58 bits per heavy atom.